The normalized spacial score (nSPS) is 13.2. The van der Waals surface area contributed by atoms with Gasteiger partial charge in [-0.1, -0.05) is 36.5 Å². The fraction of sp³-hybridized carbons (Fsp3) is 0.280. The molecule has 37 heavy (non-hydrogen) atoms. The van der Waals surface area contributed by atoms with Crippen molar-refractivity contribution < 1.29 is 27.9 Å². The van der Waals surface area contributed by atoms with Crippen molar-refractivity contribution in [2.24, 2.45) is 0 Å². The molecule has 3 aromatic rings. The van der Waals surface area contributed by atoms with Crippen molar-refractivity contribution in [2.45, 2.75) is 24.7 Å². The monoisotopic (exact) mass is 542 g/mol. The molecule has 194 valence electrons. The molecule has 3 N–H and O–H groups in total. The average Bonchev–Trinajstić information content (AvgIpc) is 3.31. The van der Waals surface area contributed by atoms with Crippen LogP contribution in [0.3, 0.4) is 0 Å². The number of fused-ring (bicyclic) bond motifs is 1. The molecule has 0 saturated carbocycles. The number of hydrogen-bond donors (Lipinski definition) is 3. The minimum Gasteiger partial charge on any atom is -0.395 e. The van der Waals surface area contributed by atoms with Crippen LogP contribution in [0.25, 0.3) is 0 Å². The van der Waals surface area contributed by atoms with Gasteiger partial charge in [0.15, 0.2) is 15.0 Å². The molecule has 1 aliphatic rings. The van der Waals surface area contributed by atoms with Crippen molar-refractivity contribution in [3.8, 4) is 0 Å². The Morgan fingerprint density at radius 3 is 2.62 bits per heavy atom. The van der Waals surface area contributed by atoms with Gasteiger partial charge in [-0.2, -0.15) is 0 Å². The van der Waals surface area contributed by atoms with E-state index in [1.807, 2.05) is 0 Å². The van der Waals surface area contributed by atoms with Crippen LogP contribution >= 0.6 is 11.3 Å². The highest BCUT2D eigenvalue weighted by Crippen LogP contribution is 2.31. The molecule has 0 unspecified atom stereocenters. The lowest BCUT2D eigenvalue weighted by molar-refractivity contribution is -0.115. The van der Waals surface area contributed by atoms with Crippen molar-refractivity contribution in [3.63, 3.8) is 0 Å². The first-order valence-corrected chi connectivity index (χ1v) is 14.1. The summed E-state index contributed by atoms with van der Waals surface area (Å²) in [7, 11) is -3.31. The molecule has 4 rings (SSSR count). The maximum atomic E-state index is 13.2. The van der Waals surface area contributed by atoms with Crippen LogP contribution in [0.15, 0.2) is 53.4 Å². The molecular weight excluding hydrogens is 516 g/mol. The Kier molecular flexibility index (Phi) is 8.00. The Hall–Kier alpha value is -3.61. The standard InChI is InChI=1S/C25H26N4O6S2/c1-2-37(34,35)19-8-6-16(7-9-19)14-21(31)28-25-27-20-10-12-29(24(33)22(20)36-25)18-5-3-4-17(15-18)23(32)26-11-13-30/h3-9,15,30H,2,10-14H2,1H3,(H,26,32)(H,27,28,31). The first-order valence-electron chi connectivity index (χ1n) is 11.6. The molecule has 3 amide bonds. The van der Waals surface area contributed by atoms with E-state index in [1.54, 1.807) is 48.2 Å². The summed E-state index contributed by atoms with van der Waals surface area (Å²) >= 11 is 1.09. The number of sulfone groups is 1. The Morgan fingerprint density at radius 1 is 1.16 bits per heavy atom. The van der Waals surface area contributed by atoms with Gasteiger partial charge in [0.05, 0.1) is 29.4 Å². The fourth-order valence-corrected chi connectivity index (χ4v) is 5.71. The summed E-state index contributed by atoms with van der Waals surface area (Å²) in [6.45, 7) is 1.91. The summed E-state index contributed by atoms with van der Waals surface area (Å²) in [5.74, 6) is -0.934. The number of rotatable bonds is 9. The zero-order valence-corrected chi connectivity index (χ0v) is 21.7. The van der Waals surface area contributed by atoms with Gasteiger partial charge in [-0.3, -0.25) is 14.4 Å². The predicted molar refractivity (Wildman–Crippen MR) is 140 cm³/mol. The van der Waals surface area contributed by atoms with Gasteiger partial charge in [0.25, 0.3) is 11.8 Å². The molecule has 0 saturated heterocycles. The third-order valence-corrected chi connectivity index (χ3v) is 8.55. The van der Waals surface area contributed by atoms with Gasteiger partial charge in [0, 0.05) is 30.8 Å². The molecule has 10 nitrogen and oxygen atoms in total. The molecule has 0 fully saturated rings. The van der Waals surface area contributed by atoms with Gasteiger partial charge in [-0.05, 0) is 35.9 Å². The smallest absolute Gasteiger partial charge is 0.270 e. The number of aliphatic hydroxyl groups is 1. The third kappa shape index (κ3) is 6.04. The summed E-state index contributed by atoms with van der Waals surface area (Å²) in [5.41, 5.74) is 2.20. The molecule has 2 heterocycles. The SMILES string of the molecule is CCS(=O)(=O)c1ccc(CC(=O)Nc2nc3c(s2)C(=O)N(c2cccc(C(=O)NCCO)c2)CC3)cc1. The highest BCUT2D eigenvalue weighted by molar-refractivity contribution is 7.91. The second-order valence-electron chi connectivity index (χ2n) is 8.30. The van der Waals surface area contributed by atoms with Crippen LogP contribution in [-0.2, 0) is 27.5 Å². The number of amides is 3. The molecule has 1 aromatic heterocycles. The van der Waals surface area contributed by atoms with E-state index >= 15 is 0 Å². The van der Waals surface area contributed by atoms with Crippen molar-refractivity contribution >= 4 is 49.7 Å². The van der Waals surface area contributed by atoms with Crippen molar-refractivity contribution in [2.75, 3.05) is 35.7 Å². The lowest BCUT2D eigenvalue weighted by Crippen LogP contribution is -2.37. The molecule has 0 aliphatic carbocycles. The van der Waals surface area contributed by atoms with Crippen LogP contribution in [0.5, 0.6) is 0 Å². The number of nitrogens with one attached hydrogen (secondary N) is 2. The molecule has 0 atom stereocenters. The molecule has 0 spiro atoms. The number of benzene rings is 2. The highest BCUT2D eigenvalue weighted by Gasteiger charge is 2.30. The quantitative estimate of drug-likeness (QED) is 0.375. The minimum atomic E-state index is -3.31. The van der Waals surface area contributed by atoms with Gasteiger partial charge in [0.2, 0.25) is 5.91 Å². The summed E-state index contributed by atoms with van der Waals surface area (Å²) in [6, 6.07) is 12.9. The van der Waals surface area contributed by atoms with Gasteiger partial charge < -0.3 is 20.6 Å². The van der Waals surface area contributed by atoms with E-state index in [-0.39, 0.29) is 47.9 Å². The van der Waals surface area contributed by atoms with Crippen LogP contribution in [0.2, 0.25) is 0 Å². The van der Waals surface area contributed by atoms with Crippen LogP contribution in [0, 0.1) is 0 Å². The maximum absolute atomic E-state index is 13.2. The number of nitrogens with zero attached hydrogens (tertiary/aromatic N) is 2. The Morgan fingerprint density at radius 2 is 1.92 bits per heavy atom. The van der Waals surface area contributed by atoms with E-state index in [1.165, 1.54) is 12.1 Å². The second kappa shape index (κ2) is 11.2. The Bertz CT molecular complexity index is 1430. The average molecular weight is 543 g/mol. The van der Waals surface area contributed by atoms with E-state index in [9.17, 15) is 22.8 Å². The fourth-order valence-electron chi connectivity index (χ4n) is 3.85. The summed E-state index contributed by atoms with van der Waals surface area (Å²) < 4.78 is 23.9. The number of carbonyl (C=O) groups is 3. The zero-order chi connectivity index (χ0) is 26.6. The second-order valence-corrected chi connectivity index (χ2v) is 11.6. The van der Waals surface area contributed by atoms with Crippen molar-refractivity contribution in [1.29, 1.82) is 0 Å². The first kappa shape index (κ1) is 26.5. The van der Waals surface area contributed by atoms with E-state index in [2.05, 4.69) is 15.6 Å². The highest BCUT2D eigenvalue weighted by atomic mass is 32.2. The van der Waals surface area contributed by atoms with Crippen LogP contribution < -0.4 is 15.5 Å². The van der Waals surface area contributed by atoms with Gasteiger partial charge >= 0.3 is 0 Å². The lowest BCUT2D eigenvalue weighted by atomic mass is 10.1. The topological polar surface area (TPSA) is 146 Å². The van der Waals surface area contributed by atoms with E-state index < -0.39 is 9.84 Å². The number of carbonyl (C=O) groups excluding carboxylic acids is 3. The maximum Gasteiger partial charge on any atom is 0.270 e. The van der Waals surface area contributed by atoms with Crippen molar-refractivity contribution in [3.05, 3.63) is 70.2 Å². The van der Waals surface area contributed by atoms with Gasteiger partial charge in [-0.25, -0.2) is 13.4 Å². The largest absolute Gasteiger partial charge is 0.395 e. The minimum absolute atomic E-state index is 0.00307. The number of aromatic nitrogens is 1. The van der Waals surface area contributed by atoms with Crippen LogP contribution in [0.1, 0.15) is 38.2 Å². The van der Waals surface area contributed by atoms with Crippen LogP contribution in [0.4, 0.5) is 10.8 Å². The first-order chi connectivity index (χ1) is 17.7. The molecular formula is C25H26N4O6S2. The van der Waals surface area contributed by atoms with Gasteiger partial charge in [0.1, 0.15) is 4.88 Å². The van der Waals surface area contributed by atoms with E-state index in [4.69, 9.17) is 5.11 Å². The molecule has 0 bridgehead atoms. The summed E-state index contributed by atoms with van der Waals surface area (Å²) in [6.07, 6.45) is 0.518. The number of thiazole rings is 1. The molecule has 1 aliphatic heterocycles. The third-order valence-electron chi connectivity index (χ3n) is 5.80. The lowest BCUT2D eigenvalue weighted by Gasteiger charge is -2.26. The zero-order valence-electron chi connectivity index (χ0n) is 20.1. The summed E-state index contributed by atoms with van der Waals surface area (Å²) in [4.78, 5) is 44.6. The van der Waals surface area contributed by atoms with E-state index in [0.717, 1.165) is 11.3 Å². The van der Waals surface area contributed by atoms with Gasteiger partial charge in [-0.15, -0.1) is 0 Å². The Balaban J connectivity index is 1.43. The molecule has 2 aromatic carbocycles. The number of aliphatic hydroxyl groups excluding tert-OH is 1. The Labute approximate surface area is 218 Å². The predicted octanol–water partition coefficient (Wildman–Crippen LogP) is 2.04. The molecule has 12 heteroatoms. The van der Waals surface area contributed by atoms with Crippen molar-refractivity contribution in [1.82, 2.24) is 10.3 Å². The van der Waals surface area contributed by atoms with Crippen LogP contribution in [-0.4, -0.2) is 61.7 Å². The number of hydrogen-bond acceptors (Lipinski definition) is 8. The number of anilines is 2. The molecule has 0 radical (unpaired) electrons. The van der Waals surface area contributed by atoms with E-state index in [0.29, 0.717) is 45.5 Å². The summed E-state index contributed by atoms with van der Waals surface area (Å²) in [5, 5.41) is 14.5.